The summed E-state index contributed by atoms with van der Waals surface area (Å²) in [5.74, 6) is 0.693. The first-order chi connectivity index (χ1) is 12.2. The molecule has 4 rings (SSSR count). The zero-order valence-corrected chi connectivity index (χ0v) is 14.8. The van der Waals surface area contributed by atoms with Gasteiger partial charge in [0.15, 0.2) is 0 Å². The second-order valence-corrected chi connectivity index (χ2v) is 7.15. The van der Waals surface area contributed by atoms with E-state index in [4.69, 9.17) is 15.2 Å². The number of anilines is 1. The molecular formula is C21H26N2O2. The van der Waals surface area contributed by atoms with Gasteiger partial charge in [0.25, 0.3) is 0 Å². The van der Waals surface area contributed by atoms with Crippen molar-refractivity contribution in [1.29, 1.82) is 0 Å². The molecule has 0 bridgehead atoms. The van der Waals surface area contributed by atoms with E-state index in [0.29, 0.717) is 12.0 Å². The quantitative estimate of drug-likeness (QED) is 0.851. The van der Waals surface area contributed by atoms with Gasteiger partial charge in [-0.3, -0.25) is 0 Å². The van der Waals surface area contributed by atoms with Crippen molar-refractivity contribution in [3.05, 3.63) is 41.6 Å². The number of rotatable bonds is 4. The van der Waals surface area contributed by atoms with Crippen LogP contribution in [-0.2, 0) is 17.6 Å². The monoisotopic (exact) mass is 338 g/mol. The molecule has 2 aliphatic carbocycles. The number of ether oxygens (including phenoxy) is 2. The minimum atomic E-state index is 0.228. The third-order valence-electron chi connectivity index (χ3n) is 5.61. The van der Waals surface area contributed by atoms with E-state index in [1.165, 1.54) is 17.5 Å². The van der Waals surface area contributed by atoms with Crippen molar-refractivity contribution in [2.75, 3.05) is 12.8 Å². The van der Waals surface area contributed by atoms with Crippen LogP contribution in [0.3, 0.4) is 0 Å². The van der Waals surface area contributed by atoms with Crippen molar-refractivity contribution in [1.82, 2.24) is 4.98 Å². The van der Waals surface area contributed by atoms with Crippen LogP contribution in [0.4, 0.5) is 5.69 Å². The lowest BCUT2D eigenvalue weighted by Crippen LogP contribution is -2.27. The number of nitrogens with zero attached hydrogens (tertiary/aromatic N) is 1. The van der Waals surface area contributed by atoms with E-state index in [1.807, 2.05) is 18.3 Å². The number of nitrogens with two attached hydrogens (primary N) is 1. The second-order valence-electron chi connectivity index (χ2n) is 7.15. The zero-order valence-electron chi connectivity index (χ0n) is 14.8. The minimum absolute atomic E-state index is 0.228. The molecule has 2 N–H and O–H groups in total. The molecule has 0 aliphatic heterocycles. The van der Waals surface area contributed by atoms with Gasteiger partial charge in [0, 0.05) is 30.6 Å². The van der Waals surface area contributed by atoms with E-state index < -0.39 is 0 Å². The van der Waals surface area contributed by atoms with Gasteiger partial charge in [0.2, 0.25) is 5.88 Å². The van der Waals surface area contributed by atoms with Crippen LogP contribution in [0.25, 0.3) is 11.1 Å². The Bertz CT molecular complexity index is 752. The van der Waals surface area contributed by atoms with E-state index >= 15 is 0 Å². The molecule has 0 atom stereocenters. The number of fused-ring (bicyclic) bond motifs is 1. The fourth-order valence-corrected chi connectivity index (χ4v) is 4.14. The number of benzene rings is 1. The van der Waals surface area contributed by atoms with Gasteiger partial charge in [-0.2, -0.15) is 0 Å². The van der Waals surface area contributed by atoms with Gasteiger partial charge in [0.05, 0.1) is 6.10 Å². The van der Waals surface area contributed by atoms with Gasteiger partial charge >= 0.3 is 0 Å². The molecule has 2 aliphatic rings. The van der Waals surface area contributed by atoms with E-state index in [9.17, 15) is 0 Å². The Kier molecular flexibility index (Phi) is 4.62. The summed E-state index contributed by atoms with van der Waals surface area (Å²) in [5.41, 5.74) is 12.3. The first-order valence-electron chi connectivity index (χ1n) is 9.30. The minimum Gasteiger partial charge on any atom is -0.474 e. The summed E-state index contributed by atoms with van der Waals surface area (Å²) in [6.45, 7) is 0. The number of hydrogen-bond acceptors (Lipinski definition) is 4. The molecule has 25 heavy (non-hydrogen) atoms. The van der Waals surface area contributed by atoms with Crippen molar-refractivity contribution in [2.24, 2.45) is 0 Å². The number of methoxy groups -OCH3 is 1. The standard InChI is InChI=1S/C21H26N2O2/c1-24-16-6-8-17(9-7-16)25-20-13-15(11-12-23-20)19-10-5-14-3-2-4-18(14)21(19)22/h5,10-13,16-17H,2-4,6-9,22H2,1H3. The second kappa shape index (κ2) is 7.04. The van der Waals surface area contributed by atoms with Crippen molar-refractivity contribution in [3.8, 4) is 17.0 Å². The third-order valence-corrected chi connectivity index (χ3v) is 5.61. The molecule has 132 valence electrons. The molecular weight excluding hydrogens is 312 g/mol. The zero-order chi connectivity index (χ0) is 17.2. The molecule has 0 amide bonds. The lowest BCUT2D eigenvalue weighted by Gasteiger charge is -2.27. The summed E-state index contributed by atoms with van der Waals surface area (Å²) in [7, 11) is 1.79. The van der Waals surface area contributed by atoms with Crippen LogP contribution < -0.4 is 10.5 Å². The predicted octanol–water partition coefficient (Wildman–Crippen LogP) is 4.16. The van der Waals surface area contributed by atoms with E-state index in [2.05, 4.69) is 17.1 Å². The van der Waals surface area contributed by atoms with Crippen molar-refractivity contribution < 1.29 is 9.47 Å². The van der Waals surface area contributed by atoms with Gasteiger partial charge in [-0.1, -0.05) is 12.1 Å². The lowest BCUT2D eigenvalue weighted by atomic mass is 9.95. The molecule has 1 heterocycles. The van der Waals surface area contributed by atoms with Crippen LogP contribution in [0.1, 0.15) is 43.2 Å². The summed E-state index contributed by atoms with van der Waals surface area (Å²) in [6.07, 6.45) is 10.0. The largest absolute Gasteiger partial charge is 0.474 e. The maximum Gasteiger partial charge on any atom is 0.214 e. The summed E-state index contributed by atoms with van der Waals surface area (Å²) in [6, 6.07) is 8.40. The number of aromatic nitrogens is 1. The Morgan fingerprint density at radius 1 is 1.04 bits per heavy atom. The summed E-state index contributed by atoms with van der Waals surface area (Å²) in [5, 5.41) is 0. The number of pyridine rings is 1. The normalized spacial score (nSPS) is 22.6. The lowest BCUT2D eigenvalue weighted by molar-refractivity contribution is 0.0314. The highest BCUT2D eigenvalue weighted by Crippen LogP contribution is 2.36. The van der Waals surface area contributed by atoms with Gasteiger partial charge < -0.3 is 15.2 Å². The summed E-state index contributed by atoms with van der Waals surface area (Å²) >= 11 is 0. The van der Waals surface area contributed by atoms with Gasteiger partial charge in [0.1, 0.15) is 6.10 Å². The first kappa shape index (κ1) is 16.4. The fraction of sp³-hybridized carbons (Fsp3) is 0.476. The molecule has 1 aromatic carbocycles. The molecule has 0 saturated heterocycles. The van der Waals surface area contributed by atoms with Gasteiger partial charge in [-0.15, -0.1) is 0 Å². The average Bonchev–Trinajstić information content (AvgIpc) is 3.13. The molecule has 2 aromatic rings. The molecule has 4 nitrogen and oxygen atoms in total. The number of nitrogen functional groups attached to an aromatic ring is 1. The molecule has 0 spiro atoms. The van der Waals surface area contributed by atoms with Crippen LogP contribution >= 0.6 is 0 Å². The molecule has 1 aromatic heterocycles. The Morgan fingerprint density at radius 3 is 2.64 bits per heavy atom. The predicted molar refractivity (Wildman–Crippen MR) is 99.8 cm³/mol. The van der Waals surface area contributed by atoms with E-state index in [0.717, 1.165) is 55.3 Å². The number of aryl methyl sites for hydroxylation is 1. The van der Waals surface area contributed by atoms with Crippen LogP contribution in [0.15, 0.2) is 30.5 Å². The smallest absolute Gasteiger partial charge is 0.214 e. The Balaban J connectivity index is 1.52. The highest BCUT2D eigenvalue weighted by atomic mass is 16.5. The highest BCUT2D eigenvalue weighted by Gasteiger charge is 2.23. The Hall–Kier alpha value is -2.07. The topological polar surface area (TPSA) is 57.4 Å². The Morgan fingerprint density at radius 2 is 1.84 bits per heavy atom. The third kappa shape index (κ3) is 3.36. The van der Waals surface area contributed by atoms with Crippen LogP contribution in [0, 0.1) is 0 Å². The molecule has 4 heteroatoms. The SMILES string of the molecule is COC1CCC(Oc2cc(-c3ccc4c(c3N)CCC4)ccn2)CC1. The summed E-state index contributed by atoms with van der Waals surface area (Å²) < 4.78 is 11.6. The fourth-order valence-electron chi connectivity index (χ4n) is 4.14. The first-order valence-corrected chi connectivity index (χ1v) is 9.30. The van der Waals surface area contributed by atoms with E-state index in [1.54, 1.807) is 7.11 Å². The molecule has 1 saturated carbocycles. The van der Waals surface area contributed by atoms with Crippen molar-refractivity contribution in [3.63, 3.8) is 0 Å². The van der Waals surface area contributed by atoms with Gasteiger partial charge in [-0.05, 0) is 67.7 Å². The number of hydrogen-bond donors (Lipinski definition) is 1. The highest BCUT2D eigenvalue weighted by molar-refractivity contribution is 5.80. The van der Waals surface area contributed by atoms with Crippen LogP contribution in [-0.4, -0.2) is 24.3 Å². The van der Waals surface area contributed by atoms with Crippen molar-refractivity contribution in [2.45, 2.75) is 57.2 Å². The molecule has 1 fully saturated rings. The maximum atomic E-state index is 6.46. The van der Waals surface area contributed by atoms with Gasteiger partial charge in [-0.25, -0.2) is 4.98 Å². The molecule has 0 unspecified atom stereocenters. The maximum absolute atomic E-state index is 6.46. The van der Waals surface area contributed by atoms with Crippen LogP contribution in [0.2, 0.25) is 0 Å². The Labute approximate surface area is 149 Å². The average molecular weight is 338 g/mol. The van der Waals surface area contributed by atoms with Crippen LogP contribution in [0.5, 0.6) is 5.88 Å². The van der Waals surface area contributed by atoms with Crippen molar-refractivity contribution >= 4 is 5.69 Å². The summed E-state index contributed by atoms with van der Waals surface area (Å²) in [4.78, 5) is 4.41. The molecule has 0 radical (unpaired) electrons. The van der Waals surface area contributed by atoms with E-state index in [-0.39, 0.29) is 6.10 Å².